The fourth-order valence-corrected chi connectivity index (χ4v) is 2.26. The molecule has 0 aromatic heterocycles. The van der Waals surface area contributed by atoms with Crippen molar-refractivity contribution >= 4 is 5.78 Å². The lowest BCUT2D eigenvalue weighted by atomic mass is 9.96. The number of ketones is 1. The van der Waals surface area contributed by atoms with E-state index in [1.54, 1.807) is 0 Å². The Morgan fingerprint density at radius 2 is 1.62 bits per heavy atom. The maximum absolute atomic E-state index is 11.8. The van der Waals surface area contributed by atoms with Gasteiger partial charge in [0.05, 0.1) is 0 Å². The largest absolute Gasteiger partial charge is 0.329 e. The minimum Gasteiger partial charge on any atom is -0.329 e. The Morgan fingerprint density at radius 3 is 2.12 bits per heavy atom. The zero-order chi connectivity index (χ0) is 11.9. The third-order valence-corrected chi connectivity index (χ3v) is 3.84. The van der Waals surface area contributed by atoms with Crippen molar-refractivity contribution in [3.05, 3.63) is 0 Å². The van der Waals surface area contributed by atoms with Crippen molar-refractivity contribution in [3.8, 4) is 0 Å². The smallest absolute Gasteiger partial charge is 0.140 e. The normalized spacial score (nSPS) is 17.4. The van der Waals surface area contributed by atoms with Gasteiger partial charge in [0.1, 0.15) is 5.78 Å². The van der Waals surface area contributed by atoms with Crippen LogP contribution in [-0.4, -0.2) is 12.3 Å². The summed E-state index contributed by atoms with van der Waals surface area (Å²) in [5.74, 6) is 0.434. The van der Waals surface area contributed by atoms with Crippen LogP contribution in [0.25, 0.3) is 0 Å². The maximum Gasteiger partial charge on any atom is 0.140 e. The van der Waals surface area contributed by atoms with E-state index in [0.29, 0.717) is 12.3 Å². The number of hydrogen-bond acceptors (Lipinski definition) is 2. The van der Waals surface area contributed by atoms with E-state index in [2.05, 4.69) is 6.92 Å². The minimum absolute atomic E-state index is 0.0673. The van der Waals surface area contributed by atoms with E-state index in [9.17, 15) is 4.79 Å². The molecule has 94 valence electrons. The lowest BCUT2D eigenvalue weighted by molar-refractivity contribution is -0.123. The molecular formula is C14H27NO. The molecule has 2 N–H and O–H groups in total. The first-order chi connectivity index (χ1) is 7.75. The molecule has 1 fully saturated rings. The fraction of sp³-hybridized carbons (Fsp3) is 0.929. The van der Waals surface area contributed by atoms with Gasteiger partial charge in [0.2, 0.25) is 0 Å². The molecule has 16 heavy (non-hydrogen) atoms. The second-order valence-electron chi connectivity index (χ2n) is 5.28. The highest BCUT2D eigenvalue weighted by atomic mass is 16.1. The van der Waals surface area contributed by atoms with Crippen LogP contribution < -0.4 is 5.73 Å². The quantitative estimate of drug-likeness (QED) is 0.579. The van der Waals surface area contributed by atoms with Gasteiger partial charge >= 0.3 is 0 Å². The van der Waals surface area contributed by atoms with E-state index in [-0.39, 0.29) is 5.41 Å². The molecule has 2 heteroatoms. The molecule has 0 atom stereocenters. The van der Waals surface area contributed by atoms with E-state index in [1.165, 1.54) is 38.5 Å². The van der Waals surface area contributed by atoms with Crippen LogP contribution in [0.4, 0.5) is 0 Å². The molecule has 2 nitrogen and oxygen atoms in total. The van der Waals surface area contributed by atoms with Gasteiger partial charge in [0.15, 0.2) is 0 Å². The van der Waals surface area contributed by atoms with Gasteiger partial charge in [-0.1, -0.05) is 45.4 Å². The maximum atomic E-state index is 11.8. The summed E-state index contributed by atoms with van der Waals surface area (Å²) in [7, 11) is 0. The summed E-state index contributed by atoms with van der Waals surface area (Å²) in [6, 6.07) is 0. The predicted octanol–water partition coefficient (Wildman–Crippen LogP) is 3.44. The summed E-state index contributed by atoms with van der Waals surface area (Å²) >= 11 is 0. The van der Waals surface area contributed by atoms with Gasteiger partial charge in [-0.05, 0) is 19.3 Å². The Bertz CT molecular complexity index is 209. The minimum atomic E-state index is -0.0673. The molecule has 0 amide bonds. The summed E-state index contributed by atoms with van der Waals surface area (Å²) in [5, 5.41) is 0. The molecular weight excluding hydrogens is 198 g/mol. The molecule has 0 unspecified atom stereocenters. The van der Waals surface area contributed by atoms with Crippen LogP contribution in [0.1, 0.15) is 71.1 Å². The molecule has 1 saturated carbocycles. The van der Waals surface area contributed by atoms with Crippen LogP contribution in [0.15, 0.2) is 0 Å². The standard InChI is InChI=1S/C14H27NO/c1-2-3-4-5-6-7-8-9-13(16)14(12-15)10-11-14/h2-12,15H2,1H3. The number of hydrogen-bond donors (Lipinski definition) is 1. The molecule has 1 aliphatic rings. The van der Waals surface area contributed by atoms with Crippen molar-refractivity contribution in [2.24, 2.45) is 11.1 Å². The molecule has 0 bridgehead atoms. The van der Waals surface area contributed by atoms with Gasteiger partial charge in [0.25, 0.3) is 0 Å². The van der Waals surface area contributed by atoms with Crippen molar-refractivity contribution in [1.29, 1.82) is 0 Å². The van der Waals surface area contributed by atoms with Gasteiger partial charge in [-0.25, -0.2) is 0 Å². The van der Waals surface area contributed by atoms with E-state index >= 15 is 0 Å². The van der Waals surface area contributed by atoms with Crippen LogP contribution >= 0.6 is 0 Å². The van der Waals surface area contributed by atoms with E-state index in [1.807, 2.05) is 0 Å². The van der Waals surface area contributed by atoms with Crippen molar-refractivity contribution < 1.29 is 4.79 Å². The number of unbranched alkanes of at least 4 members (excludes halogenated alkanes) is 6. The molecule has 0 heterocycles. The van der Waals surface area contributed by atoms with Crippen LogP contribution in [0.2, 0.25) is 0 Å². The van der Waals surface area contributed by atoms with Crippen LogP contribution in [0, 0.1) is 5.41 Å². The second kappa shape index (κ2) is 7.05. The van der Waals surface area contributed by atoms with Crippen molar-refractivity contribution in [3.63, 3.8) is 0 Å². The Balaban J connectivity index is 1.93. The lowest BCUT2D eigenvalue weighted by Crippen LogP contribution is -2.25. The lowest BCUT2D eigenvalue weighted by Gasteiger charge is -2.10. The van der Waals surface area contributed by atoms with Crippen LogP contribution in [-0.2, 0) is 4.79 Å². The van der Waals surface area contributed by atoms with Crippen molar-refractivity contribution in [2.75, 3.05) is 6.54 Å². The molecule has 0 aliphatic heterocycles. The number of carbonyl (C=O) groups is 1. The Morgan fingerprint density at radius 1 is 1.06 bits per heavy atom. The van der Waals surface area contributed by atoms with Crippen molar-refractivity contribution in [1.82, 2.24) is 0 Å². The SMILES string of the molecule is CCCCCCCCCC(=O)C1(CN)CC1. The summed E-state index contributed by atoms with van der Waals surface area (Å²) in [6.45, 7) is 2.81. The molecule has 0 radical (unpaired) electrons. The summed E-state index contributed by atoms with van der Waals surface area (Å²) in [4.78, 5) is 11.8. The topological polar surface area (TPSA) is 43.1 Å². The summed E-state index contributed by atoms with van der Waals surface area (Å²) < 4.78 is 0. The molecule has 1 aliphatic carbocycles. The fourth-order valence-electron chi connectivity index (χ4n) is 2.26. The highest BCUT2D eigenvalue weighted by Crippen LogP contribution is 2.46. The summed E-state index contributed by atoms with van der Waals surface area (Å²) in [6.07, 6.45) is 11.8. The third-order valence-electron chi connectivity index (χ3n) is 3.84. The second-order valence-corrected chi connectivity index (χ2v) is 5.28. The molecule has 0 aromatic carbocycles. The highest BCUT2D eigenvalue weighted by molar-refractivity contribution is 5.87. The van der Waals surface area contributed by atoms with Gasteiger partial charge in [-0.2, -0.15) is 0 Å². The Labute approximate surface area is 100.0 Å². The molecule has 1 rings (SSSR count). The highest BCUT2D eigenvalue weighted by Gasteiger charge is 2.47. The first-order valence-corrected chi connectivity index (χ1v) is 6.98. The Kier molecular flexibility index (Phi) is 6.04. The number of nitrogens with two attached hydrogens (primary N) is 1. The average Bonchev–Trinajstić information content (AvgIpc) is 3.08. The van der Waals surface area contributed by atoms with Crippen molar-refractivity contribution in [2.45, 2.75) is 71.1 Å². The van der Waals surface area contributed by atoms with Gasteiger partial charge in [-0.15, -0.1) is 0 Å². The van der Waals surface area contributed by atoms with Gasteiger partial charge in [-0.3, -0.25) is 4.79 Å². The first-order valence-electron chi connectivity index (χ1n) is 6.98. The monoisotopic (exact) mass is 225 g/mol. The summed E-state index contributed by atoms with van der Waals surface area (Å²) in [5.41, 5.74) is 5.57. The van der Waals surface area contributed by atoms with Gasteiger partial charge in [0, 0.05) is 18.4 Å². The van der Waals surface area contributed by atoms with E-state index in [0.717, 1.165) is 25.7 Å². The van der Waals surface area contributed by atoms with E-state index in [4.69, 9.17) is 5.73 Å². The van der Waals surface area contributed by atoms with Gasteiger partial charge < -0.3 is 5.73 Å². The van der Waals surface area contributed by atoms with E-state index < -0.39 is 0 Å². The Hall–Kier alpha value is -0.370. The number of carbonyl (C=O) groups excluding carboxylic acids is 1. The number of rotatable bonds is 10. The molecule has 0 spiro atoms. The van der Waals surface area contributed by atoms with Crippen LogP contribution in [0.5, 0.6) is 0 Å². The molecule has 0 saturated heterocycles. The van der Waals surface area contributed by atoms with Crippen LogP contribution in [0.3, 0.4) is 0 Å². The zero-order valence-corrected chi connectivity index (χ0v) is 10.8. The first kappa shape index (κ1) is 13.7. The zero-order valence-electron chi connectivity index (χ0n) is 10.8. The molecule has 0 aromatic rings. The predicted molar refractivity (Wildman–Crippen MR) is 68.3 cm³/mol. The number of Topliss-reactive ketones (excluding diaryl/α,β-unsaturated/α-hetero) is 1. The average molecular weight is 225 g/mol. The third kappa shape index (κ3) is 4.25.